The third kappa shape index (κ3) is 2.39. The average Bonchev–Trinajstić information content (AvgIpc) is 2.75. The topological polar surface area (TPSA) is 32.3 Å². The minimum Gasteiger partial charge on any atom is -0.337 e. The van der Waals surface area contributed by atoms with Crippen LogP contribution >= 0.6 is 22.9 Å². The molecule has 1 N–H and O–H groups in total. The van der Waals surface area contributed by atoms with Gasteiger partial charge in [-0.1, -0.05) is 11.6 Å². The molecular weight excluding hydrogens is 244 g/mol. The SMILES string of the molecule is CN(C(=O)c1sccc1Cl)C1CCCNC1. The van der Waals surface area contributed by atoms with Crippen LogP contribution in [0.2, 0.25) is 5.02 Å². The molecule has 1 unspecified atom stereocenters. The van der Waals surface area contributed by atoms with Gasteiger partial charge in [0.25, 0.3) is 5.91 Å². The van der Waals surface area contributed by atoms with Gasteiger partial charge in [0.05, 0.1) is 5.02 Å². The van der Waals surface area contributed by atoms with Gasteiger partial charge in [-0.05, 0) is 30.8 Å². The van der Waals surface area contributed by atoms with Crippen LogP contribution in [0.25, 0.3) is 0 Å². The van der Waals surface area contributed by atoms with Gasteiger partial charge in [0, 0.05) is 19.6 Å². The molecule has 0 aliphatic carbocycles. The van der Waals surface area contributed by atoms with Crippen LogP contribution in [0.1, 0.15) is 22.5 Å². The Hall–Kier alpha value is -0.580. The second kappa shape index (κ2) is 5.17. The van der Waals surface area contributed by atoms with Crippen molar-refractivity contribution in [2.24, 2.45) is 0 Å². The van der Waals surface area contributed by atoms with E-state index >= 15 is 0 Å². The lowest BCUT2D eigenvalue weighted by atomic mass is 10.1. The molecule has 1 amide bonds. The second-order valence-electron chi connectivity index (χ2n) is 4.01. The molecule has 2 rings (SSSR count). The first-order chi connectivity index (χ1) is 7.70. The summed E-state index contributed by atoms with van der Waals surface area (Å²) in [6.07, 6.45) is 2.19. The van der Waals surface area contributed by atoms with Gasteiger partial charge >= 0.3 is 0 Å². The number of piperidine rings is 1. The Morgan fingerprint density at radius 1 is 1.69 bits per heavy atom. The maximum absolute atomic E-state index is 12.1. The lowest BCUT2D eigenvalue weighted by Gasteiger charge is -2.31. The summed E-state index contributed by atoms with van der Waals surface area (Å²) in [5, 5.41) is 5.72. The van der Waals surface area contributed by atoms with Crippen LogP contribution in [0.4, 0.5) is 0 Å². The first kappa shape index (κ1) is 11.9. The van der Waals surface area contributed by atoms with Gasteiger partial charge in [0.1, 0.15) is 4.88 Å². The standard InChI is InChI=1S/C11H15ClN2OS/c1-14(8-3-2-5-13-7-8)11(15)10-9(12)4-6-16-10/h4,6,8,13H,2-3,5,7H2,1H3. The number of amides is 1. The normalized spacial score (nSPS) is 20.8. The fourth-order valence-corrected chi connectivity index (χ4v) is 3.05. The molecule has 0 radical (unpaired) electrons. The highest BCUT2D eigenvalue weighted by molar-refractivity contribution is 7.12. The number of carbonyl (C=O) groups is 1. The van der Waals surface area contributed by atoms with Gasteiger partial charge in [-0.3, -0.25) is 4.79 Å². The van der Waals surface area contributed by atoms with Gasteiger partial charge in [-0.25, -0.2) is 0 Å². The van der Waals surface area contributed by atoms with Crippen LogP contribution in [0, 0.1) is 0 Å². The Bertz CT molecular complexity index is 374. The minimum absolute atomic E-state index is 0.0358. The molecule has 1 fully saturated rings. The highest BCUT2D eigenvalue weighted by Gasteiger charge is 2.24. The van der Waals surface area contributed by atoms with Crippen LogP contribution in [0.3, 0.4) is 0 Å². The monoisotopic (exact) mass is 258 g/mol. The fraction of sp³-hybridized carbons (Fsp3) is 0.545. The molecule has 1 aliphatic rings. The summed E-state index contributed by atoms with van der Waals surface area (Å²) in [5.41, 5.74) is 0. The molecule has 1 aromatic heterocycles. The maximum Gasteiger partial charge on any atom is 0.265 e. The van der Waals surface area contributed by atoms with E-state index in [-0.39, 0.29) is 5.91 Å². The summed E-state index contributed by atoms with van der Waals surface area (Å²) < 4.78 is 0. The molecule has 1 aromatic rings. The number of rotatable bonds is 2. The minimum atomic E-state index is 0.0358. The van der Waals surface area contributed by atoms with Gasteiger partial charge in [-0.15, -0.1) is 11.3 Å². The molecule has 3 nitrogen and oxygen atoms in total. The molecule has 1 atom stereocenters. The van der Waals surface area contributed by atoms with Crippen molar-refractivity contribution in [1.29, 1.82) is 0 Å². The number of halogens is 1. The van der Waals surface area contributed by atoms with Crippen LogP contribution in [0.5, 0.6) is 0 Å². The molecule has 5 heteroatoms. The molecule has 1 aliphatic heterocycles. The highest BCUT2D eigenvalue weighted by atomic mass is 35.5. The van der Waals surface area contributed by atoms with Crippen molar-refractivity contribution in [3.63, 3.8) is 0 Å². The van der Waals surface area contributed by atoms with E-state index in [1.165, 1.54) is 11.3 Å². The van der Waals surface area contributed by atoms with Gasteiger partial charge in [0.15, 0.2) is 0 Å². The second-order valence-corrected chi connectivity index (χ2v) is 5.34. The lowest BCUT2D eigenvalue weighted by molar-refractivity contribution is 0.0713. The smallest absolute Gasteiger partial charge is 0.265 e. The molecule has 88 valence electrons. The zero-order valence-corrected chi connectivity index (χ0v) is 10.8. The molecule has 16 heavy (non-hydrogen) atoms. The predicted molar refractivity (Wildman–Crippen MR) is 67.3 cm³/mol. The lowest BCUT2D eigenvalue weighted by Crippen LogP contribution is -2.46. The summed E-state index contributed by atoms with van der Waals surface area (Å²) in [5.74, 6) is 0.0358. The summed E-state index contributed by atoms with van der Waals surface area (Å²) in [7, 11) is 1.86. The summed E-state index contributed by atoms with van der Waals surface area (Å²) in [6.45, 7) is 1.93. The molecule has 1 saturated heterocycles. The van der Waals surface area contributed by atoms with E-state index < -0.39 is 0 Å². The Morgan fingerprint density at radius 2 is 2.50 bits per heavy atom. The quantitative estimate of drug-likeness (QED) is 0.882. The van der Waals surface area contributed by atoms with E-state index in [9.17, 15) is 4.79 Å². The van der Waals surface area contributed by atoms with Crippen LogP contribution in [-0.2, 0) is 0 Å². The number of likely N-dealkylation sites (N-methyl/N-ethyl adjacent to an activating group) is 1. The molecule has 0 bridgehead atoms. The van der Waals surface area contributed by atoms with Crippen molar-refractivity contribution in [3.8, 4) is 0 Å². The van der Waals surface area contributed by atoms with Crippen LogP contribution in [0.15, 0.2) is 11.4 Å². The first-order valence-corrected chi connectivity index (χ1v) is 6.67. The van der Waals surface area contributed by atoms with Crippen LogP contribution < -0.4 is 5.32 Å². The van der Waals surface area contributed by atoms with Crippen LogP contribution in [-0.4, -0.2) is 37.0 Å². The third-order valence-corrected chi connectivity index (χ3v) is 4.28. The average molecular weight is 259 g/mol. The van der Waals surface area contributed by atoms with E-state index in [1.807, 2.05) is 17.3 Å². The number of nitrogens with one attached hydrogen (secondary N) is 1. The van der Waals surface area contributed by atoms with E-state index in [4.69, 9.17) is 11.6 Å². The van der Waals surface area contributed by atoms with E-state index in [1.54, 1.807) is 6.07 Å². The zero-order valence-electron chi connectivity index (χ0n) is 9.20. The van der Waals surface area contributed by atoms with Crippen molar-refractivity contribution in [2.75, 3.05) is 20.1 Å². The third-order valence-electron chi connectivity index (χ3n) is 2.95. The number of carbonyl (C=O) groups excluding carboxylic acids is 1. The molecule has 0 saturated carbocycles. The van der Waals surface area contributed by atoms with Gasteiger partial charge < -0.3 is 10.2 Å². The van der Waals surface area contributed by atoms with E-state index in [2.05, 4.69) is 5.32 Å². The Morgan fingerprint density at radius 3 is 3.06 bits per heavy atom. The predicted octanol–water partition coefficient (Wildman–Crippen LogP) is 2.23. The van der Waals surface area contributed by atoms with Crippen molar-refractivity contribution < 1.29 is 4.79 Å². The highest BCUT2D eigenvalue weighted by Crippen LogP contribution is 2.24. The Labute approximate surface area is 104 Å². The van der Waals surface area contributed by atoms with E-state index in [0.717, 1.165) is 25.9 Å². The van der Waals surface area contributed by atoms with Gasteiger partial charge in [-0.2, -0.15) is 0 Å². The maximum atomic E-state index is 12.1. The number of thiophene rings is 1. The largest absolute Gasteiger partial charge is 0.337 e. The number of nitrogens with zero attached hydrogens (tertiary/aromatic N) is 1. The molecule has 0 aromatic carbocycles. The molecule has 2 heterocycles. The van der Waals surface area contributed by atoms with Crippen molar-refractivity contribution >= 4 is 28.8 Å². The fourth-order valence-electron chi connectivity index (χ4n) is 1.94. The first-order valence-electron chi connectivity index (χ1n) is 5.41. The summed E-state index contributed by atoms with van der Waals surface area (Å²) >= 11 is 7.37. The summed E-state index contributed by atoms with van der Waals surface area (Å²) in [4.78, 5) is 14.6. The number of hydrogen-bond donors (Lipinski definition) is 1. The van der Waals surface area contributed by atoms with Gasteiger partial charge in [0.2, 0.25) is 0 Å². The Kier molecular flexibility index (Phi) is 3.84. The van der Waals surface area contributed by atoms with Crippen molar-refractivity contribution in [3.05, 3.63) is 21.3 Å². The Balaban J connectivity index is 2.06. The molecular formula is C11H15ClN2OS. The summed E-state index contributed by atoms with van der Waals surface area (Å²) in [6, 6.07) is 2.06. The van der Waals surface area contributed by atoms with Crippen molar-refractivity contribution in [2.45, 2.75) is 18.9 Å². The zero-order chi connectivity index (χ0) is 11.5. The van der Waals surface area contributed by atoms with Crippen molar-refractivity contribution in [1.82, 2.24) is 10.2 Å². The molecule has 0 spiro atoms. The number of hydrogen-bond acceptors (Lipinski definition) is 3. The van der Waals surface area contributed by atoms with E-state index in [0.29, 0.717) is 15.9 Å².